The molecule has 1 aliphatic heterocycles. The number of carboxylic acid groups (broad SMARTS) is 1. The summed E-state index contributed by atoms with van der Waals surface area (Å²) in [5, 5.41) is 8.94. The first-order chi connectivity index (χ1) is 9.11. The van der Waals surface area contributed by atoms with Crippen molar-refractivity contribution in [2.45, 2.75) is 37.5 Å². The van der Waals surface area contributed by atoms with E-state index in [1.807, 2.05) is 12.1 Å². The van der Waals surface area contributed by atoms with Crippen LogP contribution < -0.4 is 4.90 Å². The number of halogens is 1. The highest BCUT2D eigenvalue weighted by molar-refractivity contribution is 5.70. The van der Waals surface area contributed by atoms with Gasteiger partial charge >= 0.3 is 5.97 Å². The van der Waals surface area contributed by atoms with Crippen molar-refractivity contribution in [2.24, 2.45) is 0 Å². The number of rotatable bonds is 4. The lowest BCUT2D eigenvalue weighted by molar-refractivity contribution is -0.137. The second-order valence-electron chi connectivity index (χ2n) is 5.71. The summed E-state index contributed by atoms with van der Waals surface area (Å²) in [7, 11) is 0. The van der Waals surface area contributed by atoms with E-state index in [1.165, 1.54) is 0 Å². The van der Waals surface area contributed by atoms with Crippen LogP contribution in [0.5, 0.6) is 0 Å². The van der Waals surface area contributed by atoms with E-state index in [-0.39, 0.29) is 17.7 Å². The molecule has 0 bridgehead atoms. The molecule has 0 unspecified atom stereocenters. The van der Waals surface area contributed by atoms with Crippen molar-refractivity contribution in [3.8, 4) is 0 Å². The number of carbonyl (C=O) groups is 1. The molecule has 1 aromatic carbocycles. The molecule has 0 aromatic heterocycles. The first-order valence-corrected chi connectivity index (χ1v) is 6.88. The van der Waals surface area contributed by atoms with E-state index < -0.39 is 5.97 Å². The second kappa shape index (κ2) is 4.51. The van der Waals surface area contributed by atoms with Crippen LogP contribution in [-0.2, 0) is 10.2 Å². The molecular weight excluding hydrogens is 245 g/mol. The van der Waals surface area contributed by atoms with Gasteiger partial charge in [-0.05, 0) is 43.4 Å². The normalized spacial score (nSPS) is 20.6. The van der Waals surface area contributed by atoms with E-state index in [1.54, 1.807) is 6.07 Å². The van der Waals surface area contributed by atoms with Gasteiger partial charge in [0.15, 0.2) is 0 Å². The largest absolute Gasteiger partial charge is 0.481 e. The Labute approximate surface area is 112 Å². The van der Waals surface area contributed by atoms with Gasteiger partial charge in [0.25, 0.3) is 0 Å². The van der Waals surface area contributed by atoms with E-state index in [0.29, 0.717) is 5.69 Å². The van der Waals surface area contributed by atoms with Crippen LogP contribution in [0, 0.1) is 5.82 Å². The summed E-state index contributed by atoms with van der Waals surface area (Å²) in [6, 6.07) is 5.27. The highest BCUT2D eigenvalue weighted by Gasteiger charge is 2.46. The minimum atomic E-state index is -0.804. The fourth-order valence-corrected chi connectivity index (χ4v) is 3.06. The minimum absolute atomic E-state index is 0.107. The fourth-order valence-electron chi connectivity index (χ4n) is 3.06. The van der Waals surface area contributed by atoms with Gasteiger partial charge in [-0.3, -0.25) is 4.79 Å². The molecule has 2 fully saturated rings. The van der Waals surface area contributed by atoms with Crippen LogP contribution in [0.3, 0.4) is 0 Å². The molecule has 19 heavy (non-hydrogen) atoms. The maximum atomic E-state index is 14.2. The Balaban J connectivity index is 1.85. The zero-order chi connectivity index (χ0) is 13.5. The highest BCUT2D eigenvalue weighted by atomic mass is 19.1. The Kier molecular flexibility index (Phi) is 2.96. The Morgan fingerprint density at radius 3 is 2.53 bits per heavy atom. The Hall–Kier alpha value is -1.58. The lowest BCUT2D eigenvalue weighted by Gasteiger charge is -2.20. The Bertz CT molecular complexity index is 505. The maximum Gasteiger partial charge on any atom is 0.304 e. The highest BCUT2D eigenvalue weighted by Crippen LogP contribution is 2.51. The van der Waals surface area contributed by atoms with Gasteiger partial charge in [0.2, 0.25) is 0 Å². The number of hydrogen-bond donors (Lipinski definition) is 1. The van der Waals surface area contributed by atoms with Gasteiger partial charge in [0.05, 0.1) is 12.1 Å². The summed E-state index contributed by atoms with van der Waals surface area (Å²) >= 11 is 0. The standard InChI is InChI=1S/C15H18FNO2/c16-12-9-11(15(5-6-15)10-14(18)19)3-4-13(12)17-7-1-2-8-17/h3-4,9H,1-2,5-8,10H2,(H,18,19). The predicted octanol–water partition coefficient (Wildman–Crippen LogP) is 2.93. The van der Waals surface area contributed by atoms with Crippen LogP contribution in [0.15, 0.2) is 18.2 Å². The lowest BCUT2D eigenvalue weighted by Crippen LogP contribution is -2.20. The molecule has 0 atom stereocenters. The number of anilines is 1. The van der Waals surface area contributed by atoms with Crippen molar-refractivity contribution < 1.29 is 14.3 Å². The first-order valence-electron chi connectivity index (χ1n) is 6.88. The van der Waals surface area contributed by atoms with Crippen LogP contribution in [0.2, 0.25) is 0 Å². The topological polar surface area (TPSA) is 40.5 Å². The number of aliphatic carboxylic acids is 1. The van der Waals surface area contributed by atoms with Gasteiger partial charge in [0.1, 0.15) is 5.82 Å². The molecule has 1 saturated carbocycles. The number of benzene rings is 1. The molecule has 3 nitrogen and oxygen atoms in total. The van der Waals surface area contributed by atoms with Gasteiger partial charge in [-0.25, -0.2) is 4.39 Å². The van der Waals surface area contributed by atoms with E-state index in [0.717, 1.165) is 44.3 Å². The first kappa shape index (κ1) is 12.5. The fraction of sp³-hybridized carbons (Fsp3) is 0.533. The molecule has 3 rings (SSSR count). The van der Waals surface area contributed by atoms with E-state index in [9.17, 15) is 9.18 Å². The summed E-state index contributed by atoms with van der Waals surface area (Å²) in [6.07, 6.45) is 4.04. The van der Waals surface area contributed by atoms with Crippen molar-refractivity contribution in [1.82, 2.24) is 0 Å². The monoisotopic (exact) mass is 263 g/mol. The van der Waals surface area contributed by atoms with Gasteiger partial charge in [-0.1, -0.05) is 6.07 Å². The average Bonchev–Trinajstić information content (AvgIpc) is 2.93. The summed E-state index contributed by atoms with van der Waals surface area (Å²) in [5.74, 6) is -1.02. The summed E-state index contributed by atoms with van der Waals surface area (Å²) < 4.78 is 14.2. The smallest absolute Gasteiger partial charge is 0.304 e. The molecule has 1 heterocycles. The van der Waals surface area contributed by atoms with E-state index in [4.69, 9.17) is 5.11 Å². The summed E-state index contributed by atoms with van der Waals surface area (Å²) in [6.45, 7) is 1.83. The van der Waals surface area contributed by atoms with Crippen molar-refractivity contribution in [1.29, 1.82) is 0 Å². The number of carboxylic acids is 1. The maximum absolute atomic E-state index is 14.2. The zero-order valence-electron chi connectivity index (χ0n) is 10.9. The van der Waals surface area contributed by atoms with E-state index in [2.05, 4.69) is 4.90 Å². The molecule has 2 aliphatic rings. The SMILES string of the molecule is O=C(O)CC1(c2ccc(N3CCCC3)c(F)c2)CC1. The minimum Gasteiger partial charge on any atom is -0.481 e. The van der Waals surface area contributed by atoms with Gasteiger partial charge < -0.3 is 10.0 Å². The molecule has 1 N–H and O–H groups in total. The van der Waals surface area contributed by atoms with Gasteiger partial charge in [-0.15, -0.1) is 0 Å². The van der Waals surface area contributed by atoms with Gasteiger partial charge in [-0.2, -0.15) is 0 Å². The molecular formula is C15H18FNO2. The molecule has 1 saturated heterocycles. The number of nitrogens with zero attached hydrogens (tertiary/aromatic N) is 1. The molecule has 1 aromatic rings. The molecule has 102 valence electrons. The zero-order valence-corrected chi connectivity index (χ0v) is 10.9. The van der Waals surface area contributed by atoms with Crippen LogP contribution in [-0.4, -0.2) is 24.2 Å². The van der Waals surface area contributed by atoms with Crippen LogP contribution in [0.25, 0.3) is 0 Å². The molecule has 0 amide bonds. The van der Waals surface area contributed by atoms with Crippen LogP contribution in [0.4, 0.5) is 10.1 Å². The van der Waals surface area contributed by atoms with Crippen molar-refractivity contribution >= 4 is 11.7 Å². The Morgan fingerprint density at radius 1 is 1.32 bits per heavy atom. The van der Waals surface area contributed by atoms with Crippen molar-refractivity contribution in [3.63, 3.8) is 0 Å². The molecule has 1 aliphatic carbocycles. The third-order valence-electron chi connectivity index (χ3n) is 4.35. The third-order valence-corrected chi connectivity index (χ3v) is 4.35. The molecule has 0 spiro atoms. The summed E-state index contributed by atoms with van der Waals surface area (Å²) in [5.41, 5.74) is 1.19. The Morgan fingerprint density at radius 2 is 2.00 bits per heavy atom. The molecule has 0 radical (unpaired) electrons. The van der Waals surface area contributed by atoms with Crippen molar-refractivity contribution in [2.75, 3.05) is 18.0 Å². The lowest BCUT2D eigenvalue weighted by atomic mass is 9.92. The van der Waals surface area contributed by atoms with E-state index >= 15 is 0 Å². The van der Waals surface area contributed by atoms with Crippen LogP contribution >= 0.6 is 0 Å². The summed E-state index contributed by atoms with van der Waals surface area (Å²) in [4.78, 5) is 13.0. The quantitative estimate of drug-likeness (QED) is 0.908. The second-order valence-corrected chi connectivity index (χ2v) is 5.71. The average molecular weight is 263 g/mol. The van der Waals surface area contributed by atoms with Crippen LogP contribution in [0.1, 0.15) is 37.7 Å². The number of hydrogen-bond acceptors (Lipinski definition) is 2. The van der Waals surface area contributed by atoms with Crippen molar-refractivity contribution in [3.05, 3.63) is 29.6 Å². The van der Waals surface area contributed by atoms with Gasteiger partial charge in [0, 0.05) is 18.5 Å². The predicted molar refractivity (Wildman–Crippen MR) is 71.0 cm³/mol. The molecule has 4 heteroatoms. The third kappa shape index (κ3) is 2.31.